The van der Waals surface area contributed by atoms with Gasteiger partial charge in [-0.3, -0.25) is 0 Å². The number of carbonyl (C=O) groups is 2. The maximum atomic E-state index is 12.8. The highest BCUT2D eigenvalue weighted by Crippen LogP contribution is 2.54. The Kier molecular flexibility index (Phi) is 10.9. The summed E-state index contributed by atoms with van der Waals surface area (Å²) in [7, 11) is -0.809. The van der Waals surface area contributed by atoms with E-state index in [1.165, 1.54) is 23.0 Å². The maximum absolute atomic E-state index is 12.8. The molecule has 0 radical (unpaired) electrons. The number of rotatable bonds is 10. The Hall–Kier alpha value is -3.66. The lowest BCUT2D eigenvalue weighted by atomic mass is 10.1. The van der Waals surface area contributed by atoms with Crippen molar-refractivity contribution in [2.45, 2.75) is 12.5 Å². The van der Waals surface area contributed by atoms with Crippen molar-refractivity contribution in [2.75, 3.05) is 19.9 Å². The van der Waals surface area contributed by atoms with E-state index in [0.29, 0.717) is 12.6 Å². The zero-order valence-corrected chi connectivity index (χ0v) is 22.9. The highest BCUT2D eigenvalue weighted by molar-refractivity contribution is 7.95. The summed E-state index contributed by atoms with van der Waals surface area (Å²) in [4.78, 5) is 25.2. The number of hydrogen-bond donors (Lipinski definition) is 1. The molecule has 0 aromatic heterocycles. The summed E-state index contributed by atoms with van der Waals surface area (Å²) in [5.74, 6) is -0.513. The number of ether oxygens (including phenoxy) is 2. The second-order valence-corrected chi connectivity index (χ2v) is 12.2. The SMILES string of the molecule is COC(=O)C(Cc1ccccc1)NC(=O)OCC[P+](c1ccccc1)(c1ccccc1)c1ccccc1.[Cl-]. The Morgan fingerprint density at radius 1 is 0.711 bits per heavy atom. The Labute approximate surface area is 230 Å². The monoisotopic (exact) mass is 547 g/mol. The molecule has 5 nitrogen and oxygen atoms in total. The molecule has 1 unspecified atom stereocenters. The van der Waals surface area contributed by atoms with Crippen molar-refractivity contribution in [3.8, 4) is 0 Å². The molecule has 7 heteroatoms. The minimum Gasteiger partial charge on any atom is -1.00 e. The van der Waals surface area contributed by atoms with Gasteiger partial charge in [-0.1, -0.05) is 84.9 Å². The maximum Gasteiger partial charge on any atom is 0.407 e. The van der Waals surface area contributed by atoms with Gasteiger partial charge in [-0.05, 0) is 42.0 Å². The first-order chi connectivity index (χ1) is 18.1. The van der Waals surface area contributed by atoms with Gasteiger partial charge in [0.05, 0.1) is 7.11 Å². The molecular formula is C31H31ClNO4P. The quantitative estimate of drug-likeness (QED) is 0.241. The van der Waals surface area contributed by atoms with Gasteiger partial charge in [-0.25, -0.2) is 9.59 Å². The summed E-state index contributed by atoms with van der Waals surface area (Å²) in [6.07, 6.45) is 0.302. The number of benzene rings is 4. The van der Waals surface area contributed by atoms with Crippen molar-refractivity contribution in [3.05, 3.63) is 127 Å². The first-order valence-electron chi connectivity index (χ1n) is 12.2. The number of nitrogens with one attached hydrogen (secondary N) is 1. The van der Waals surface area contributed by atoms with Gasteiger partial charge < -0.3 is 27.2 Å². The Morgan fingerprint density at radius 2 is 1.13 bits per heavy atom. The molecule has 0 heterocycles. The van der Waals surface area contributed by atoms with E-state index in [1.807, 2.05) is 84.9 Å². The molecule has 1 N–H and O–H groups in total. The van der Waals surface area contributed by atoms with Crippen LogP contribution in [0.5, 0.6) is 0 Å². The molecule has 0 fully saturated rings. The number of amides is 1. The third-order valence-corrected chi connectivity index (χ3v) is 10.7. The van der Waals surface area contributed by atoms with Gasteiger partial charge in [0.25, 0.3) is 0 Å². The molecule has 0 saturated carbocycles. The first kappa shape index (κ1) is 28.9. The largest absolute Gasteiger partial charge is 1.00 e. The second kappa shape index (κ2) is 14.3. The van der Waals surface area contributed by atoms with Crippen LogP contribution in [0.25, 0.3) is 0 Å². The lowest BCUT2D eigenvalue weighted by molar-refractivity contribution is -0.142. The molecule has 1 atom stereocenters. The fourth-order valence-electron chi connectivity index (χ4n) is 4.53. The van der Waals surface area contributed by atoms with E-state index in [4.69, 9.17) is 9.47 Å². The molecule has 4 rings (SSSR count). The third-order valence-electron chi connectivity index (χ3n) is 6.31. The fraction of sp³-hybridized carbons (Fsp3) is 0.161. The first-order valence-corrected chi connectivity index (χ1v) is 14.2. The Morgan fingerprint density at radius 3 is 1.55 bits per heavy atom. The van der Waals surface area contributed by atoms with Crippen LogP contribution in [0.3, 0.4) is 0 Å². The van der Waals surface area contributed by atoms with Crippen molar-refractivity contribution in [1.82, 2.24) is 5.32 Å². The van der Waals surface area contributed by atoms with Crippen LogP contribution in [-0.4, -0.2) is 38.0 Å². The van der Waals surface area contributed by atoms with Crippen LogP contribution >= 0.6 is 7.26 Å². The Balaban J connectivity index is 0.00000400. The summed E-state index contributed by atoms with van der Waals surface area (Å²) < 4.78 is 10.6. The minimum absolute atomic E-state index is 0. The van der Waals surface area contributed by atoms with Crippen LogP contribution in [-0.2, 0) is 20.7 Å². The average Bonchev–Trinajstić information content (AvgIpc) is 2.96. The molecule has 0 bridgehead atoms. The number of alkyl carbamates (subject to hydrolysis) is 1. The van der Waals surface area contributed by atoms with Crippen LogP contribution in [0.15, 0.2) is 121 Å². The third kappa shape index (κ3) is 7.00. The lowest BCUT2D eigenvalue weighted by Crippen LogP contribution is -3.00. The number of methoxy groups -OCH3 is 1. The van der Waals surface area contributed by atoms with Crippen molar-refractivity contribution < 1.29 is 31.5 Å². The van der Waals surface area contributed by atoms with Gasteiger partial charge >= 0.3 is 12.1 Å². The fourth-order valence-corrected chi connectivity index (χ4v) is 8.60. The van der Waals surface area contributed by atoms with Crippen LogP contribution in [0.2, 0.25) is 0 Å². The summed E-state index contributed by atoms with van der Waals surface area (Å²) >= 11 is 0. The summed E-state index contributed by atoms with van der Waals surface area (Å²) in [5.41, 5.74) is 0.917. The average molecular weight is 548 g/mol. The zero-order chi connectivity index (χ0) is 25.9. The predicted octanol–water partition coefficient (Wildman–Crippen LogP) is 1.50. The molecular weight excluding hydrogens is 517 g/mol. The van der Waals surface area contributed by atoms with E-state index in [9.17, 15) is 9.59 Å². The number of esters is 1. The van der Waals surface area contributed by atoms with Crippen LogP contribution in [0.1, 0.15) is 5.56 Å². The summed E-state index contributed by atoms with van der Waals surface area (Å²) in [6, 6.07) is 39.9. The van der Waals surface area contributed by atoms with Gasteiger partial charge in [-0.15, -0.1) is 0 Å². The van der Waals surface area contributed by atoms with Crippen molar-refractivity contribution >= 4 is 35.2 Å². The topological polar surface area (TPSA) is 64.6 Å². The lowest BCUT2D eigenvalue weighted by Gasteiger charge is -2.27. The predicted molar refractivity (Wildman–Crippen MR) is 150 cm³/mol. The van der Waals surface area contributed by atoms with Gasteiger partial charge in [0.1, 0.15) is 42.0 Å². The molecule has 4 aromatic carbocycles. The standard InChI is InChI=1S/C31H30NO4P.ClH/c1-35-30(33)29(24-25-14-6-2-7-15-25)32-31(34)36-22-23-37(26-16-8-3-9-17-26,27-18-10-4-11-19-27)28-20-12-5-13-21-28;/h2-21,29H,22-24H2,1H3;1H. The van der Waals surface area contributed by atoms with E-state index in [-0.39, 0.29) is 19.0 Å². The normalized spacial score (nSPS) is 11.5. The molecule has 0 aliphatic rings. The van der Waals surface area contributed by atoms with Crippen LogP contribution in [0.4, 0.5) is 4.79 Å². The smallest absolute Gasteiger partial charge is 0.407 e. The summed E-state index contributed by atoms with van der Waals surface area (Å²) in [5, 5.41) is 6.35. The molecule has 0 spiro atoms. The van der Waals surface area contributed by atoms with Gasteiger partial charge in [0.2, 0.25) is 0 Å². The zero-order valence-electron chi connectivity index (χ0n) is 21.2. The second-order valence-electron chi connectivity index (χ2n) is 8.59. The molecule has 0 aliphatic carbocycles. The van der Waals surface area contributed by atoms with Crippen molar-refractivity contribution in [3.63, 3.8) is 0 Å². The van der Waals surface area contributed by atoms with Gasteiger partial charge in [0, 0.05) is 6.42 Å². The molecule has 0 saturated heterocycles. The number of halogens is 1. The highest BCUT2D eigenvalue weighted by atomic mass is 35.5. The van der Waals surface area contributed by atoms with E-state index in [0.717, 1.165) is 5.56 Å². The van der Waals surface area contributed by atoms with E-state index < -0.39 is 25.4 Å². The Bertz CT molecular complexity index is 1180. The van der Waals surface area contributed by atoms with Crippen LogP contribution < -0.4 is 33.6 Å². The number of hydrogen-bond acceptors (Lipinski definition) is 4. The molecule has 0 aliphatic heterocycles. The number of carbonyl (C=O) groups excluding carboxylic acids is 2. The molecule has 1 amide bonds. The van der Waals surface area contributed by atoms with Crippen molar-refractivity contribution in [1.29, 1.82) is 0 Å². The summed E-state index contributed by atoms with van der Waals surface area (Å²) in [6.45, 7) is 0.192. The molecule has 38 heavy (non-hydrogen) atoms. The molecule has 196 valence electrons. The molecule has 4 aromatic rings. The van der Waals surface area contributed by atoms with Gasteiger partial charge in [-0.2, -0.15) is 0 Å². The van der Waals surface area contributed by atoms with E-state index in [2.05, 4.69) is 41.7 Å². The van der Waals surface area contributed by atoms with E-state index >= 15 is 0 Å². The minimum atomic E-state index is -2.12. The van der Waals surface area contributed by atoms with E-state index in [1.54, 1.807) is 0 Å². The van der Waals surface area contributed by atoms with Crippen molar-refractivity contribution in [2.24, 2.45) is 0 Å². The van der Waals surface area contributed by atoms with Gasteiger partial charge in [0.15, 0.2) is 0 Å². The van der Waals surface area contributed by atoms with Crippen LogP contribution in [0, 0.1) is 0 Å². The highest BCUT2D eigenvalue weighted by Gasteiger charge is 2.45.